The van der Waals surface area contributed by atoms with Gasteiger partial charge >= 0.3 is 5.51 Å². The molecule has 0 saturated heterocycles. The number of halogens is 3. The Morgan fingerprint density at radius 2 is 1.74 bits per heavy atom. The van der Waals surface area contributed by atoms with E-state index in [4.69, 9.17) is 9.88 Å². The number of nitrogens with one attached hydrogen (secondary N) is 1. The van der Waals surface area contributed by atoms with Crippen molar-refractivity contribution in [3.8, 4) is 0 Å². The first kappa shape index (κ1) is 25.5. The highest BCUT2D eigenvalue weighted by molar-refractivity contribution is 7.99. The second-order valence-corrected chi connectivity index (χ2v) is 11.0. The average molecular weight is 499 g/mol. The molecule has 0 aliphatic rings. The van der Waals surface area contributed by atoms with Crippen LogP contribution >= 0.6 is 11.8 Å². The number of alkyl halides is 3. The zero-order chi connectivity index (χ0) is 23.3. The van der Waals surface area contributed by atoms with Gasteiger partial charge in [-0.3, -0.25) is 0 Å². The Labute approximate surface area is 183 Å². The molecule has 0 aliphatic heterocycles. The van der Waals surface area contributed by atoms with E-state index in [9.17, 15) is 30.0 Å². The molecule has 0 aliphatic carbocycles. The molecule has 0 unspecified atom stereocenters. The van der Waals surface area contributed by atoms with Crippen molar-refractivity contribution >= 4 is 37.3 Å². The van der Waals surface area contributed by atoms with Crippen LogP contribution in [0.2, 0.25) is 0 Å². The van der Waals surface area contributed by atoms with E-state index < -0.39 is 41.2 Å². The lowest BCUT2D eigenvalue weighted by Gasteiger charge is -2.22. The summed E-state index contributed by atoms with van der Waals surface area (Å²) in [6.07, 6.45) is 0.360. The summed E-state index contributed by atoms with van der Waals surface area (Å²) in [5.74, 6) is 0.385. The minimum absolute atomic E-state index is 0.267. The lowest BCUT2D eigenvalue weighted by Crippen LogP contribution is -2.28. The van der Waals surface area contributed by atoms with E-state index in [2.05, 4.69) is 5.32 Å². The van der Waals surface area contributed by atoms with Gasteiger partial charge in [0.15, 0.2) is 0 Å². The summed E-state index contributed by atoms with van der Waals surface area (Å²) in [7, 11) is -8.80. The maximum Gasteiger partial charge on any atom is 0.501 e. The summed E-state index contributed by atoms with van der Waals surface area (Å²) < 4.78 is 92.0. The maximum atomic E-state index is 13.2. The first-order chi connectivity index (χ1) is 14.4. The molecule has 3 N–H and O–H groups in total. The summed E-state index contributed by atoms with van der Waals surface area (Å²) in [5.41, 5.74) is -6.00. The highest BCUT2D eigenvalue weighted by Gasteiger charge is 2.48. The molecule has 31 heavy (non-hydrogen) atoms. The standard InChI is InChI=1S/C18H21F3N2O5S3/c1-28-10-9-13(12-29-14-5-3-2-4-6-14)23-16-8-7-15(31(22,26)27)11-17(16)30(24,25)18(19,20)21/h2-8,11,13,23H,9-10,12H2,1H3,(H2,22,26,27)/t13-/m1/s1. The predicted molar refractivity (Wildman–Crippen MR) is 112 cm³/mol. The van der Waals surface area contributed by atoms with E-state index in [-0.39, 0.29) is 12.3 Å². The van der Waals surface area contributed by atoms with E-state index in [0.717, 1.165) is 17.0 Å². The van der Waals surface area contributed by atoms with Crippen LogP contribution in [-0.2, 0) is 24.6 Å². The summed E-state index contributed by atoms with van der Waals surface area (Å²) in [4.78, 5) is -1.04. The first-order valence-corrected chi connectivity index (χ1v) is 12.8. The van der Waals surface area contributed by atoms with Gasteiger partial charge in [0.25, 0.3) is 9.84 Å². The average Bonchev–Trinajstić information content (AvgIpc) is 2.69. The van der Waals surface area contributed by atoms with E-state index in [1.807, 2.05) is 30.3 Å². The van der Waals surface area contributed by atoms with Crippen molar-refractivity contribution in [1.29, 1.82) is 0 Å². The number of sulfone groups is 1. The molecule has 172 valence electrons. The molecule has 0 bridgehead atoms. The van der Waals surface area contributed by atoms with Crippen molar-refractivity contribution in [3.05, 3.63) is 48.5 Å². The number of primary sulfonamides is 1. The van der Waals surface area contributed by atoms with Crippen LogP contribution in [0.3, 0.4) is 0 Å². The van der Waals surface area contributed by atoms with Gasteiger partial charge in [-0.15, -0.1) is 11.8 Å². The van der Waals surface area contributed by atoms with Gasteiger partial charge < -0.3 is 10.1 Å². The Balaban J connectivity index is 2.42. The lowest BCUT2D eigenvalue weighted by molar-refractivity contribution is -0.0435. The molecule has 0 aromatic heterocycles. The second kappa shape index (κ2) is 10.2. The molecular formula is C18H21F3N2O5S3. The molecule has 13 heteroatoms. The van der Waals surface area contributed by atoms with Crippen molar-refractivity contribution in [2.24, 2.45) is 5.14 Å². The Bertz CT molecular complexity index is 1090. The number of rotatable bonds is 10. The number of thioether (sulfide) groups is 1. The van der Waals surface area contributed by atoms with E-state index in [1.165, 1.54) is 18.9 Å². The maximum absolute atomic E-state index is 13.2. The van der Waals surface area contributed by atoms with E-state index in [1.54, 1.807) is 0 Å². The molecule has 2 rings (SSSR count). The predicted octanol–water partition coefficient (Wildman–Crippen LogP) is 3.24. The summed E-state index contributed by atoms with van der Waals surface area (Å²) in [6, 6.07) is 11.1. The zero-order valence-electron chi connectivity index (χ0n) is 16.3. The van der Waals surface area contributed by atoms with Crippen LogP contribution < -0.4 is 10.5 Å². The van der Waals surface area contributed by atoms with Crippen molar-refractivity contribution < 1.29 is 34.7 Å². The Morgan fingerprint density at radius 3 is 2.29 bits per heavy atom. The molecule has 2 aromatic carbocycles. The van der Waals surface area contributed by atoms with Gasteiger partial charge in [0.1, 0.15) is 4.90 Å². The number of benzene rings is 2. The van der Waals surface area contributed by atoms with Crippen LogP contribution in [0.1, 0.15) is 6.42 Å². The first-order valence-electron chi connectivity index (χ1n) is 8.78. The minimum Gasteiger partial charge on any atom is -0.385 e. The SMILES string of the molecule is COCC[C@H](CSc1ccccc1)Nc1ccc(S(N)(=O)=O)cc1S(=O)(=O)C(F)(F)F. The summed E-state index contributed by atoms with van der Waals surface area (Å²) in [5, 5.41) is 7.76. The van der Waals surface area contributed by atoms with Crippen LogP contribution in [0.4, 0.5) is 18.9 Å². The summed E-state index contributed by atoms with van der Waals surface area (Å²) >= 11 is 1.42. The molecule has 0 amide bonds. The Hall–Kier alpha value is -1.80. The summed E-state index contributed by atoms with van der Waals surface area (Å²) in [6.45, 7) is 0.267. The number of hydrogen-bond acceptors (Lipinski definition) is 7. The van der Waals surface area contributed by atoms with Gasteiger partial charge in [-0.25, -0.2) is 22.0 Å². The number of nitrogens with two attached hydrogens (primary N) is 1. The third-order valence-electron chi connectivity index (χ3n) is 4.10. The van der Waals surface area contributed by atoms with Crippen LogP contribution in [-0.4, -0.2) is 47.9 Å². The van der Waals surface area contributed by atoms with Gasteiger partial charge in [-0.1, -0.05) is 18.2 Å². The highest BCUT2D eigenvalue weighted by atomic mass is 32.2. The number of ether oxygens (including phenoxy) is 1. The minimum atomic E-state index is -5.84. The van der Waals surface area contributed by atoms with E-state index in [0.29, 0.717) is 18.2 Å². The lowest BCUT2D eigenvalue weighted by atomic mass is 10.2. The van der Waals surface area contributed by atoms with Crippen LogP contribution in [0.15, 0.2) is 63.2 Å². The van der Waals surface area contributed by atoms with Crippen molar-refractivity contribution in [1.82, 2.24) is 0 Å². The van der Waals surface area contributed by atoms with Gasteiger partial charge in [0, 0.05) is 30.4 Å². The molecule has 0 heterocycles. The molecule has 0 radical (unpaired) electrons. The quantitative estimate of drug-likeness (QED) is 0.483. The largest absolute Gasteiger partial charge is 0.501 e. The fraction of sp³-hybridized carbons (Fsp3) is 0.333. The van der Waals surface area contributed by atoms with E-state index >= 15 is 0 Å². The molecule has 0 fully saturated rings. The molecule has 2 aromatic rings. The van der Waals surface area contributed by atoms with Gasteiger partial charge in [0.05, 0.1) is 10.6 Å². The molecule has 1 atom stereocenters. The van der Waals surface area contributed by atoms with Crippen molar-refractivity contribution in [2.75, 3.05) is 24.8 Å². The monoisotopic (exact) mass is 498 g/mol. The van der Waals surface area contributed by atoms with Crippen LogP contribution in [0, 0.1) is 0 Å². The van der Waals surface area contributed by atoms with Crippen molar-refractivity contribution in [3.63, 3.8) is 0 Å². The second-order valence-electron chi connectivity index (χ2n) is 6.40. The van der Waals surface area contributed by atoms with Crippen LogP contribution in [0.25, 0.3) is 0 Å². The molecule has 0 spiro atoms. The van der Waals surface area contributed by atoms with Gasteiger partial charge in [0.2, 0.25) is 10.0 Å². The van der Waals surface area contributed by atoms with Gasteiger partial charge in [-0.05, 0) is 36.8 Å². The molecular weight excluding hydrogens is 477 g/mol. The number of hydrogen-bond donors (Lipinski definition) is 2. The third-order valence-corrected chi connectivity index (χ3v) is 7.71. The number of sulfonamides is 1. The number of methoxy groups -OCH3 is 1. The zero-order valence-corrected chi connectivity index (χ0v) is 18.7. The Kier molecular flexibility index (Phi) is 8.39. The number of anilines is 1. The Morgan fingerprint density at radius 1 is 1.10 bits per heavy atom. The van der Waals surface area contributed by atoms with Gasteiger partial charge in [-0.2, -0.15) is 13.2 Å². The normalized spacial score (nSPS) is 13.7. The van der Waals surface area contributed by atoms with Crippen LogP contribution in [0.5, 0.6) is 0 Å². The molecule has 0 saturated carbocycles. The fourth-order valence-corrected chi connectivity index (χ4v) is 5.09. The highest BCUT2D eigenvalue weighted by Crippen LogP contribution is 2.36. The fourth-order valence-electron chi connectivity index (χ4n) is 2.54. The van der Waals surface area contributed by atoms with Crippen molar-refractivity contribution in [2.45, 2.75) is 32.7 Å². The topological polar surface area (TPSA) is 116 Å². The smallest absolute Gasteiger partial charge is 0.385 e. The molecule has 7 nitrogen and oxygen atoms in total. The third kappa shape index (κ3) is 6.84.